The van der Waals surface area contributed by atoms with Gasteiger partial charge in [0.25, 0.3) is 5.56 Å². The van der Waals surface area contributed by atoms with Gasteiger partial charge >= 0.3 is 0 Å². The summed E-state index contributed by atoms with van der Waals surface area (Å²) in [4.78, 5) is 29.7. The van der Waals surface area contributed by atoms with Gasteiger partial charge in [-0.25, -0.2) is 14.4 Å². The fraction of sp³-hybridized carbons (Fsp3) is 0.415. The largest absolute Gasteiger partial charge is 0.356 e. The topological polar surface area (TPSA) is 95.0 Å². The summed E-state index contributed by atoms with van der Waals surface area (Å²) in [5.74, 6) is 2.00. The average molecular weight is 737 g/mol. The zero-order valence-corrected chi connectivity index (χ0v) is 31.2. The highest BCUT2D eigenvalue weighted by molar-refractivity contribution is 6.31. The molecule has 0 atom stereocenters. The van der Waals surface area contributed by atoms with E-state index in [-0.39, 0.29) is 11.4 Å². The van der Waals surface area contributed by atoms with Crippen LogP contribution in [0.1, 0.15) is 59.9 Å². The van der Waals surface area contributed by atoms with Gasteiger partial charge in [-0.2, -0.15) is 0 Å². The molecule has 12 heteroatoms. The zero-order chi connectivity index (χ0) is 36.5. The number of para-hydroxylation sites is 1. The number of aryl methyl sites for hydroxylation is 2. The number of halogens is 2. The highest BCUT2D eigenvalue weighted by Crippen LogP contribution is 2.37. The van der Waals surface area contributed by atoms with Crippen LogP contribution in [-0.2, 0) is 19.4 Å². The molecule has 0 radical (unpaired) electrons. The third kappa shape index (κ3) is 7.60. The van der Waals surface area contributed by atoms with E-state index in [2.05, 4.69) is 50.4 Å². The van der Waals surface area contributed by atoms with Gasteiger partial charge in [0.1, 0.15) is 17.5 Å². The lowest BCUT2D eigenvalue weighted by Crippen LogP contribution is -2.47. The summed E-state index contributed by atoms with van der Waals surface area (Å²) >= 11 is 6.18. The number of hydrogen-bond acceptors (Lipinski definition) is 9. The number of benzene rings is 3. The van der Waals surface area contributed by atoms with Gasteiger partial charge in [0.05, 0.1) is 17.1 Å². The second-order valence-corrected chi connectivity index (χ2v) is 15.1. The Kier molecular flexibility index (Phi) is 10.3. The second kappa shape index (κ2) is 15.4. The first-order valence-electron chi connectivity index (χ1n) is 18.9. The lowest BCUT2D eigenvalue weighted by Gasteiger charge is -2.34. The molecule has 0 aliphatic carbocycles. The van der Waals surface area contributed by atoms with Gasteiger partial charge in [-0.15, -0.1) is 0 Å². The molecule has 4 aliphatic rings. The molecule has 53 heavy (non-hydrogen) atoms. The maximum Gasteiger partial charge on any atom is 0.256 e. The number of hydrogen-bond donors (Lipinski definition) is 1. The Labute approximate surface area is 314 Å². The molecule has 2 saturated heterocycles. The molecule has 0 unspecified atom stereocenters. The number of likely N-dealkylation sites (N-methyl/N-ethyl adjacent to an activating group) is 1. The molecule has 3 aromatic carbocycles. The third-order valence-electron chi connectivity index (χ3n) is 11.1. The lowest BCUT2D eigenvalue weighted by molar-refractivity contribution is 0.211. The maximum atomic E-state index is 13.4. The van der Waals surface area contributed by atoms with Crippen molar-refractivity contribution in [1.82, 2.24) is 29.4 Å². The van der Waals surface area contributed by atoms with E-state index in [1.165, 1.54) is 12.1 Å². The van der Waals surface area contributed by atoms with Gasteiger partial charge in [-0.3, -0.25) is 9.36 Å². The van der Waals surface area contributed by atoms with Crippen molar-refractivity contribution in [3.8, 4) is 0 Å². The predicted molar refractivity (Wildman–Crippen MR) is 209 cm³/mol. The van der Waals surface area contributed by atoms with Crippen LogP contribution >= 0.6 is 11.6 Å². The number of piperidine rings is 1. The molecule has 1 N–H and O–H groups in total. The van der Waals surface area contributed by atoms with Gasteiger partial charge < -0.3 is 24.5 Å². The van der Waals surface area contributed by atoms with E-state index < -0.39 is 0 Å². The summed E-state index contributed by atoms with van der Waals surface area (Å²) in [6, 6.07) is 18.8. The highest BCUT2D eigenvalue weighted by atomic mass is 35.5. The van der Waals surface area contributed by atoms with Crippen LogP contribution in [0.4, 0.5) is 21.5 Å². The van der Waals surface area contributed by atoms with Gasteiger partial charge in [-0.1, -0.05) is 28.9 Å². The van der Waals surface area contributed by atoms with Crippen LogP contribution in [0.25, 0.3) is 11.0 Å². The van der Waals surface area contributed by atoms with Crippen molar-refractivity contribution < 1.29 is 8.91 Å². The zero-order valence-electron chi connectivity index (χ0n) is 30.5. The van der Waals surface area contributed by atoms with Crippen LogP contribution in [0.3, 0.4) is 0 Å². The first-order chi connectivity index (χ1) is 25.8. The van der Waals surface area contributed by atoms with Crippen molar-refractivity contribution in [2.75, 3.05) is 58.2 Å². The molecule has 10 nitrogen and oxygen atoms in total. The van der Waals surface area contributed by atoms with E-state index in [9.17, 15) is 9.18 Å². The molecule has 0 amide bonds. The van der Waals surface area contributed by atoms with E-state index in [0.717, 1.165) is 148 Å². The molecule has 0 spiro atoms. The Morgan fingerprint density at radius 1 is 0.943 bits per heavy atom. The molecule has 5 aromatic rings. The summed E-state index contributed by atoms with van der Waals surface area (Å²) < 4.78 is 20.6. The van der Waals surface area contributed by atoms with Crippen molar-refractivity contribution in [2.45, 2.75) is 57.9 Å². The molecule has 2 fully saturated rings. The number of nitrogens with one attached hydrogen (secondary N) is 1. The summed E-state index contributed by atoms with van der Waals surface area (Å²) in [6.45, 7) is 9.63. The highest BCUT2D eigenvalue weighted by Gasteiger charge is 2.27. The molecule has 0 bridgehead atoms. The van der Waals surface area contributed by atoms with Crippen LogP contribution in [0.5, 0.6) is 0 Å². The number of piperazine rings is 1. The van der Waals surface area contributed by atoms with Crippen LogP contribution < -0.4 is 10.9 Å². The van der Waals surface area contributed by atoms with Crippen LogP contribution in [0.2, 0.25) is 5.02 Å². The van der Waals surface area contributed by atoms with Crippen LogP contribution in [0.15, 0.2) is 75.0 Å². The standard InChI is InChI=1S/C23H27FN4O2.C18H19ClN4/c1-15-18(23(29)28-10-3-2-4-21(28)25-15)9-13-27-11-7-16(8-12-27)22-19-6-5-17(24)14-20(19)30-26-22;1-22-8-10-23(11-9-22)18-14-4-2-3-5-15(14)20-16-7-6-13(19)12-17(16)21-18/h5-6,14,16H,2-4,7-13H2,1H3;2-7,12,20H,8-11H2,1H3. The second-order valence-electron chi connectivity index (χ2n) is 14.6. The maximum absolute atomic E-state index is 13.4. The van der Waals surface area contributed by atoms with Gasteiger partial charge in [0.15, 0.2) is 5.58 Å². The van der Waals surface area contributed by atoms with Crippen molar-refractivity contribution >= 4 is 45.5 Å². The van der Waals surface area contributed by atoms with Crippen LogP contribution in [0, 0.1) is 12.7 Å². The minimum atomic E-state index is -0.303. The first kappa shape index (κ1) is 35.4. The van der Waals surface area contributed by atoms with E-state index in [0.29, 0.717) is 16.5 Å². The third-order valence-corrected chi connectivity index (χ3v) is 11.4. The molecule has 4 aliphatic heterocycles. The summed E-state index contributed by atoms with van der Waals surface area (Å²) in [5.41, 5.74) is 7.50. The summed E-state index contributed by atoms with van der Waals surface area (Å²) in [5, 5.41) is 9.35. The molecule has 0 saturated carbocycles. The van der Waals surface area contributed by atoms with Crippen molar-refractivity contribution in [3.63, 3.8) is 0 Å². The monoisotopic (exact) mass is 736 g/mol. The number of nitrogens with zero attached hydrogens (tertiary/aromatic N) is 7. The van der Waals surface area contributed by atoms with E-state index >= 15 is 0 Å². The molecule has 2 aromatic heterocycles. The average Bonchev–Trinajstić information content (AvgIpc) is 3.51. The van der Waals surface area contributed by atoms with Crippen molar-refractivity contribution in [2.24, 2.45) is 4.99 Å². The Bertz CT molecular complexity index is 2200. The molecule has 276 valence electrons. The van der Waals surface area contributed by atoms with Crippen LogP contribution in [-0.4, -0.2) is 88.1 Å². The molecule has 6 heterocycles. The number of likely N-dealkylation sites (tertiary alicyclic amines) is 1. The Balaban J connectivity index is 0.000000156. The molecular formula is C41H46ClFN8O2. The fourth-order valence-corrected chi connectivity index (χ4v) is 8.18. The number of anilines is 2. The minimum absolute atomic E-state index is 0.161. The van der Waals surface area contributed by atoms with Crippen molar-refractivity contribution in [1.29, 1.82) is 0 Å². The Morgan fingerprint density at radius 3 is 2.58 bits per heavy atom. The number of rotatable bonds is 4. The van der Waals surface area contributed by atoms with Gasteiger partial charge in [0, 0.05) is 90.6 Å². The number of aromatic nitrogens is 3. The SMILES string of the molecule is CN1CCN(C2=Nc3cc(Cl)ccc3Nc3ccccc32)CC1.Cc1nc2n(c(=O)c1CCN1CCC(c3noc4cc(F)ccc34)CC1)CCCC2. The number of amidine groups is 1. The van der Waals surface area contributed by atoms with E-state index in [1.54, 1.807) is 6.07 Å². The first-order valence-corrected chi connectivity index (χ1v) is 19.2. The minimum Gasteiger partial charge on any atom is -0.356 e. The van der Waals surface area contributed by atoms with Crippen molar-refractivity contribution in [3.05, 3.63) is 110 Å². The fourth-order valence-electron chi connectivity index (χ4n) is 8.01. The summed E-state index contributed by atoms with van der Waals surface area (Å²) in [7, 11) is 2.16. The quantitative estimate of drug-likeness (QED) is 0.205. The predicted octanol–water partition coefficient (Wildman–Crippen LogP) is 7.31. The summed E-state index contributed by atoms with van der Waals surface area (Å²) in [6.07, 6.45) is 5.81. The Morgan fingerprint density at radius 2 is 1.75 bits per heavy atom. The lowest BCUT2D eigenvalue weighted by atomic mass is 9.91. The normalized spacial score (nSPS) is 17.9. The molecular weight excluding hydrogens is 691 g/mol. The number of aliphatic imine (C=N–C) groups is 1. The Hall–Kier alpha value is -4.58. The smallest absolute Gasteiger partial charge is 0.256 e. The molecule has 9 rings (SSSR count). The van der Waals surface area contributed by atoms with E-state index in [4.69, 9.17) is 26.1 Å². The van der Waals surface area contributed by atoms with Gasteiger partial charge in [0.2, 0.25) is 0 Å². The number of fused-ring (bicyclic) bond motifs is 4. The van der Waals surface area contributed by atoms with Gasteiger partial charge in [-0.05, 0) is 102 Å². The van der Waals surface area contributed by atoms with E-state index in [1.807, 2.05) is 35.8 Å².